The Morgan fingerprint density at radius 2 is 2.29 bits per heavy atom. The van der Waals surface area contributed by atoms with Crippen molar-refractivity contribution in [2.45, 2.75) is 23.2 Å². The first-order chi connectivity index (χ1) is 13.7. The normalized spacial score (nSPS) is 16.3. The van der Waals surface area contributed by atoms with Gasteiger partial charge in [-0.3, -0.25) is 4.79 Å². The second-order valence-corrected chi connectivity index (χ2v) is 9.46. The zero-order chi connectivity index (χ0) is 19.3. The van der Waals surface area contributed by atoms with Gasteiger partial charge in [0.25, 0.3) is 0 Å². The molecule has 1 atom stereocenters. The Kier molecular flexibility index (Phi) is 6.13. The van der Waals surface area contributed by atoms with E-state index in [0.29, 0.717) is 10.9 Å². The Hall–Kier alpha value is -2.10. The summed E-state index contributed by atoms with van der Waals surface area (Å²) in [5.74, 6) is 1.33. The number of thiophene rings is 1. The number of nitrogens with one attached hydrogen (secondary N) is 1. The number of thioether (sulfide) groups is 1. The largest absolute Gasteiger partial charge is 0.497 e. The quantitative estimate of drug-likeness (QED) is 0.541. The number of benzene rings is 1. The Morgan fingerprint density at radius 1 is 1.36 bits per heavy atom. The maximum absolute atomic E-state index is 12.7. The summed E-state index contributed by atoms with van der Waals surface area (Å²) >= 11 is 4.61. The summed E-state index contributed by atoms with van der Waals surface area (Å²) in [6, 6.07) is 12.0. The van der Waals surface area contributed by atoms with Gasteiger partial charge in [0.1, 0.15) is 5.75 Å². The van der Waals surface area contributed by atoms with Crippen molar-refractivity contribution in [1.29, 1.82) is 0 Å². The number of ether oxygens (including phenoxy) is 1. The number of carbonyl (C=O) groups is 1. The summed E-state index contributed by atoms with van der Waals surface area (Å²) in [4.78, 5) is 16.0. The molecule has 146 valence electrons. The van der Waals surface area contributed by atoms with Gasteiger partial charge < -0.3 is 15.0 Å². The fourth-order valence-corrected chi connectivity index (χ4v) is 5.72. The van der Waals surface area contributed by atoms with Crippen molar-refractivity contribution in [3.05, 3.63) is 46.7 Å². The number of aromatic nitrogens is 2. The third-order valence-electron chi connectivity index (χ3n) is 4.49. The second-order valence-electron chi connectivity index (χ2n) is 6.28. The summed E-state index contributed by atoms with van der Waals surface area (Å²) in [6.07, 6.45) is 2.11. The molecular formula is C19H20N4O2S3. The standard InChI is InChI=1S/C19H20N4O2S3/c1-25-14-6-2-5-13(11-14)20-18-21-22-19(28-18)27-12-17(24)23-9-3-7-15(23)16-8-4-10-26-16/h2,4-6,8,10-11,15H,3,7,9,12H2,1H3,(H,20,21)/t15-/m1/s1. The van der Waals surface area contributed by atoms with Crippen molar-refractivity contribution in [3.8, 4) is 5.75 Å². The predicted molar refractivity (Wildman–Crippen MR) is 115 cm³/mol. The molecule has 28 heavy (non-hydrogen) atoms. The van der Waals surface area contributed by atoms with Crippen LogP contribution in [0.1, 0.15) is 23.8 Å². The number of nitrogens with zero attached hydrogens (tertiary/aromatic N) is 3. The van der Waals surface area contributed by atoms with E-state index in [4.69, 9.17) is 4.74 Å². The molecule has 6 nitrogen and oxygen atoms in total. The highest BCUT2D eigenvalue weighted by Gasteiger charge is 2.30. The molecule has 0 saturated carbocycles. The van der Waals surface area contributed by atoms with Crippen molar-refractivity contribution in [3.63, 3.8) is 0 Å². The molecule has 1 saturated heterocycles. The molecule has 4 rings (SSSR count). The molecule has 0 unspecified atom stereocenters. The van der Waals surface area contributed by atoms with E-state index in [1.54, 1.807) is 18.4 Å². The van der Waals surface area contributed by atoms with Crippen molar-refractivity contribution in [2.24, 2.45) is 0 Å². The van der Waals surface area contributed by atoms with Gasteiger partial charge in [-0.05, 0) is 36.4 Å². The third kappa shape index (κ3) is 4.48. The van der Waals surface area contributed by atoms with Gasteiger partial charge in [-0.25, -0.2) is 0 Å². The first-order valence-corrected chi connectivity index (χ1v) is 11.6. The lowest BCUT2D eigenvalue weighted by atomic mass is 10.2. The summed E-state index contributed by atoms with van der Waals surface area (Å²) < 4.78 is 6.01. The van der Waals surface area contributed by atoms with Crippen LogP contribution in [-0.2, 0) is 4.79 Å². The lowest BCUT2D eigenvalue weighted by molar-refractivity contribution is -0.129. The highest BCUT2D eigenvalue weighted by molar-refractivity contribution is 8.01. The third-order valence-corrected chi connectivity index (χ3v) is 7.42. The van der Waals surface area contributed by atoms with Gasteiger partial charge >= 0.3 is 0 Å². The maximum atomic E-state index is 12.7. The van der Waals surface area contributed by atoms with Crippen LogP contribution in [0.15, 0.2) is 46.1 Å². The Labute approximate surface area is 175 Å². The van der Waals surface area contributed by atoms with Crippen LogP contribution in [0.3, 0.4) is 0 Å². The summed E-state index contributed by atoms with van der Waals surface area (Å²) in [6.45, 7) is 0.834. The molecule has 9 heteroatoms. The van der Waals surface area contributed by atoms with E-state index < -0.39 is 0 Å². The van der Waals surface area contributed by atoms with E-state index in [2.05, 4.69) is 27.0 Å². The van der Waals surface area contributed by atoms with Crippen molar-refractivity contribution in [1.82, 2.24) is 15.1 Å². The molecule has 0 radical (unpaired) electrons. The van der Waals surface area contributed by atoms with E-state index in [1.165, 1.54) is 28.0 Å². The fraction of sp³-hybridized carbons (Fsp3) is 0.316. The minimum Gasteiger partial charge on any atom is -0.497 e. The zero-order valence-corrected chi connectivity index (χ0v) is 17.8. The number of hydrogen-bond acceptors (Lipinski definition) is 8. The fourth-order valence-electron chi connectivity index (χ4n) is 3.19. The van der Waals surface area contributed by atoms with Gasteiger partial charge in [0.05, 0.1) is 18.9 Å². The Morgan fingerprint density at radius 3 is 3.11 bits per heavy atom. The maximum Gasteiger partial charge on any atom is 0.233 e. The minimum atomic E-state index is 0.165. The summed E-state index contributed by atoms with van der Waals surface area (Å²) in [5, 5.41) is 14.4. The molecular weight excluding hydrogens is 412 g/mol. The first-order valence-electron chi connectivity index (χ1n) is 8.93. The smallest absolute Gasteiger partial charge is 0.233 e. The molecule has 3 heterocycles. The van der Waals surface area contributed by atoms with Crippen molar-refractivity contribution >= 4 is 51.2 Å². The van der Waals surface area contributed by atoms with Crippen LogP contribution in [-0.4, -0.2) is 40.4 Å². The molecule has 0 bridgehead atoms. The molecule has 0 spiro atoms. The number of carbonyl (C=O) groups excluding carboxylic acids is 1. The van der Waals surface area contributed by atoms with Gasteiger partial charge in [-0.1, -0.05) is 35.2 Å². The minimum absolute atomic E-state index is 0.165. The topological polar surface area (TPSA) is 67.3 Å². The SMILES string of the molecule is COc1cccc(Nc2nnc(SCC(=O)N3CCC[C@@H]3c3cccs3)s2)c1. The van der Waals surface area contributed by atoms with Crippen molar-refractivity contribution < 1.29 is 9.53 Å². The van der Waals surface area contributed by atoms with E-state index in [0.717, 1.165) is 35.2 Å². The highest BCUT2D eigenvalue weighted by Crippen LogP contribution is 2.35. The number of amides is 1. The highest BCUT2D eigenvalue weighted by atomic mass is 32.2. The van der Waals surface area contributed by atoms with Crippen LogP contribution < -0.4 is 10.1 Å². The van der Waals surface area contributed by atoms with Crippen LogP contribution >= 0.6 is 34.4 Å². The second kappa shape index (κ2) is 8.93. The first kappa shape index (κ1) is 19.2. The monoisotopic (exact) mass is 432 g/mol. The number of methoxy groups -OCH3 is 1. The molecule has 1 aliphatic rings. The molecule has 1 aliphatic heterocycles. The van der Waals surface area contributed by atoms with Crippen LogP contribution in [0.4, 0.5) is 10.8 Å². The van der Waals surface area contributed by atoms with Gasteiger partial charge in [0, 0.05) is 23.2 Å². The average molecular weight is 433 g/mol. The molecule has 1 amide bonds. The van der Waals surface area contributed by atoms with Crippen LogP contribution in [0.25, 0.3) is 0 Å². The number of anilines is 2. The Balaban J connectivity index is 1.33. The molecule has 2 aromatic heterocycles. The van der Waals surface area contributed by atoms with E-state index in [1.807, 2.05) is 35.2 Å². The molecule has 0 aliphatic carbocycles. The molecule has 1 N–H and O–H groups in total. The molecule has 1 aromatic carbocycles. The molecule has 1 fully saturated rings. The average Bonchev–Trinajstić information content (AvgIpc) is 3.47. The lowest BCUT2D eigenvalue weighted by Gasteiger charge is -2.23. The van der Waals surface area contributed by atoms with Gasteiger partial charge in [-0.15, -0.1) is 21.5 Å². The number of rotatable bonds is 7. The van der Waals surface area contributed by atoms with Gasteiger partial charge in [0.15, 0.2) is 4.34 Å². The van der Waals surface area contributed by atoms with Crippen molar-refractivity contribution in [2.75, 3.05) is 24.7 Å². The van der Waals surface area contributed by atoms with Crippen LogP contribution in [0.2, 0.25) is 0 Å². The number of likely N-dealkylation sites (tertiary alicyclic amines) is 1. The van der Waals surface area contributed by atoms with E-state index in [-0.39, 0.29) is 11.9 Å². The zero-order valence-electron chi connectivity index (χ0n) is 15.3. The molecule has 3 aromatic rings. The summed E-state index contributed by atoms with van der Waals surface area (Å²) in [5.41, 5.74) is 0.888. The number of hydrogen-bond donors (Lipinski definition) is 1. The predicted octanol–water partition coefficient (Wildman–Crippen LogP) is 4.81. The Bertz CT molecular complexity index is 929. The lowest BCUT2D eigenvalue weighted by Crippen LogP contribution is -2.31. The van der Waals surface area contributed by atoms with Crippen LogP contribution in [0.5, 0.6) is 5.75 Å². The van der Waals surface area contributed by atoms with E-state index >= 15 is 0 Å². The van der Waals surface area contributed by atoms with Gasteiger partial charge in [-0.2, -0.15) is 0 Å². The summed E-state index contributed by atoms with van der Waals surface area (Å²) in [7, 11) is 1.64. The van der Waals surface area contributed by atoms with Gasteiger partial charge in [0.2, 0.25) is 11.0 Å². The van der Waals surface area contributed by atoms with Crippen LogP contribution in [0, 0.1) is 0 Å². The van der Waals surface area contributed by atoms with E-state index in [9.17, 15) is 4.79 Å².